The zero-order valence-electron chi connectivity index (χ0n) is 14.8. The Balaban J connectivity index is 1.48. The number of hydrogen-bond donors (Lipinski definition) is 0. The highest BCUT2D eigenvalue weighted by molar-refractivity contribution is 7.14. The second kappa shape index (κ2) is 7.15. The van der Waals surface area contributed by atoms with E-state index in [2.05, 4.69) is 10.2 Å². The molecule has 0 radical (unpaired) electrons. The average Bonchev–Trinajstić information content (AvgIpc) is 3.36. The van der Waals surface area contributed by atoms with Gasteiger partial charge in [-0.05, 0) is 19.8 Å². The molecule has 1 saturated heterocycles. The molecule has 136 valence electrons. The third-order valence-corrected chi connectivity index (χ3v) is 6.48. The average molecular weight is 370 g/mol. The molecule has 0 spiro atoms. The lowest BCUT2D eigenvalue weighted by atomic mass is 10.1. The molecule has 0 N–H and O–H groups in total. The quantitative estimate of drug-likeness (QED) is 0.776. The monoisotopic (exact) mass is 370 g/mol. The van der Waals surface area contributed by atoms with Gasteiger partial charge in [0.2, 0.25) is 0 Å². The third kappa shape index (κ3) is 3.11. The standard InChI is InChI=1S/C19H22N4O2S/c1-13(16-20-21-17(26-16)14-7-3-2-4-8-14)22-11-12-23(19(25)18(22)24)15-9-5-6-10-15/h2-4,7-8,13,15H,5-6,9-12H2,1H3/t13-/m0/s1. The predicted molar refractivity (Wildman–Crippen MR) is 99.4 cm³/mol. The topological polar surface area (TPSA) is 66.4 Å². The van der Waals surface area contributed by atoms with Gasteiger partial charge in [-0.1, -0.05) is 54.5 Å². The van der Waals surface area contributed by atoms with E-state index in [0.717, 1.165) is 41.3 Å². The highest BCUT2D eigenvalue weighted by atomic mass is 32.1. The molecule has 1 aliphatic carbocycles. The van der Waals surface area contributed by atoms with E-state index < -0.39 is 5.91 Å². The van der Waals surface area contributed by atoms with Crippen molar-refractivity contribution >= 4 is 23.2 Å². The fourth-order valence-corrected chi connectivity index (χ4v) is 4.75. The summed E-state index contributed by atoms with van der Waals surface area (Å²) in [6, 6.07) is 9.87. The summed E-state index contributed by atoms with van der Waals surface area (Å²) in [6.07, 6.45) is 4.34. The Morgan fingerprint density at radius 2 is 1.77 bits per heavy atom. The van der Waals surface area contributed by atoms with Gasteiger partial charge in [-0.2, -0.15) is 0 Å². The van der Waals surface area contributed by atoms with Gasteiger partial charge in [0, 0.05) is 24.7 Å². The largest absolute Gasteiger partial charge is 0.330 e. The van der Waals surface area contributed by atoms with Crippen molar-refractivity contribution < 1.29 is 9.59 Å². The van der Waals surface area contributed by atoms with Crippen LogP contribution in [0.5, 0.6) is 0 Å². The minimum absolute atomic E-state index is 0.243. The van der Waals surface area contributed by atoms with Crippen molar-refractivity contribution in [2.24, 2.45) is 0 Å². The summed E-state index contributed by atoms with van der Waals surface area (Å²) in [5.41, 5.74) is 1.01. The Kier molecular flexibility index (Phi) is 4.72. The Labute approximate surface area is 156 Å². The van der Waals surface area contributed by atoms with Crippen LogP contribution < -0.4 is 0 Å². The van der Waals surface area contributed by atoms with Crippen LogP contribution in [0.25, 0.3) is 10.6 Å². The van der Waals surface area contributed by atoms with Gasteiger partial charge < -0.3 is 9.80 Å². The van der Waals surface area contributed by atoms with E-state index in [0.29, 0.717) is 13.1 Å². The molecular weight excluding hydrogens is 348 g/mol. The Morgan fingerprint density at radius 1 is 1.04 bits per heavy atom. The number of carbonyl (C=O) groups is 2. The highest BCUT2D eigenvalue weighted by Gasteiger charge is 2.39. The molecule has 1 aromatic heterocycles. The first-order chi connectivity index (χ1) is 12.6. The van der Waals surface area contributed by atoms with E-state index in [1.54, 1.807) is 9.80 Å². The van der Waals surface area contributed by atoms with Crippen LogP contribution in [0.3, 0.4) is 0 Å². The second-order valence-electron chi connectivity index (χ2n) is 6.92. The summed E-state index contributed by atoms with van der Waals surface area (Å²) in [5.74, 6) is -0.769. The summed E-state index contributed by atoms with van der Waals surface area (Å²) in [4.78, 5) is 28.7. The molecule has 1 atom stereocenters. The van der Waals surface area contributed by atoms with E-state index >= 15 is 0 Å². The number of piperazine rings is 1. The molecule has 2 amide bonds. The molecule has 2 aliphatic rings. The first-order valence-electron chi connectivity index (χ1n) is 9.15. The third-order valence-electron chi connectivity index (χ3n) is 5.34. The smallest absolute Gasteiger partial charge is 0.312 e. The van der Waals surface area contributed by atoms with E-state index in [-0.39, 0.29) is 18.0 Å². The molecule has 1 aliphatic heterocycles. The Bertz CT molecular complexity index is 801. The highest BCUT2D eigenvalue weighted by Crippen LogP contribution is 2.31. The minimum Gasteiger partial charge on any atom is -0.330 e. The van der Waals surface area contributed by atoms with Crippen LogP contribution in [0.4, 0.5) is 0 Å². The maximum absolute atomic E-state index is 12.7. The van der Waals surface area contributed by atoms with E-state index in [1.807, 2.05) is 37.3 Å². The fraction of sp³-hybridized carbons (Fsp3) is 0.474. The first kappa shape index (κ1) is 17.1. The molecule has 2 aromatic rings. The van der Waals surface area contributed by atoms with Crippen LogP contribution in [0, 0.1) is 0 Å². The van der Waals surface area contributed by atoms with Gasteiger partial charge in [0.05, 0.1) is 6.04 Å². The Morgan fingerprint density at radius 3 is 2.50 bits per heavy atom. The maximum atomic E-state index is 12.7. The number of rotatable bonds is 4. The summed E-state index contributed by atoms with van der Waals surface area (Å²) in [7, 11) is 0. The molecule has 6 nitrogen and oxygen atoms in total. The van der Waals surface area contributed by atoms with Gasteiger partial charge in [-0.15, -0.1) is 10.2 Å². The summed E-state index contributed by atoms with van der Waals surface area (Å²) < 4.78 is 0. The number of aromatic nitrogens is 2. The van der Waals surface area contributed by atoms with Crippen molar-refractivity contribution in [3.8, 4) is 10.6 Å². The SMILES string of the molecule is C[C@@H](c1nnc(-c2ccccc2)s1)N1CCN(C2CCCC2)C(=O)C1=O. The van der Waals surface area contributed by atoms with Crippen LogP contribution >= 0.6 is 11.3 Å². The molecular formula is C19H22N4O2S. The van der Waals surface area contributed by atoms with Crippen LogP contribution in [0.15, 0.2) is 30.3 Å². The van der Waals surface area contributed by atoms with Crippen molar-refractivity contribution in [2.45, 2.75) is 44.7 Å². The molecule has 0 unspecified atom stereocenters. The lowest BCUT2D eigenvalue weighted by molar-refractivity contribution is -0.159. The summed E-state index contributed by atoms with van der Waals surface area (Å²) in [5, 5.41) is 10.1. The predicted octanol–water partition coefficient (Wildman–Crippen LogP) is 2.88. The van der Waals surface area contributed by atoms with Gasteiger partial charge in [-0.25, -0.2) is 0 Å². The lowest BCUT2D eigenvalue weighted by Crippen LogP contribution is -2.57. The van der Waals surface area contributed by atoms with E-state index in [4.69, 9.17) is 0 Å². The fourth-order valence-electron chi connectivity index (χ4n) is 3.83. The van der Waals surface area contributed by atoms with Crippen LogP contribution in [0.2, 0.25) is 0 Å². The van der Waals surface area contributed by atoms with E-state index in [9.17, 15) is 9.59 Å². The van der Waals surface area contributed by atoms with Gasteiger partial charge in [0.25, 0.3) is 0 Å². The van der Waals surface area contributed by atoms with Gasteiger partial charge in [0.1, 0.15) is 10.0 Å². The number of amides is 2. The molecule has 1 aromatic carbocycles. The van der Waals surface area contributed by atoms with Gasteiger partial charge in [-0.3, -0.25) is 9.59 Å². The normalized spacial score (nSPS) is 20.0. The molecule has 0 bridgehead atoms. The van der Waals surface area contributed by atoms with Crippen LogP contribution in [-0.4, -0.2) is 50.9 Å². The van der Waals surface area contributed by atoms with Crippen LogP contribution in [0.1, 0.15) is 43.7 Å². The van der Waals surface area contributed by atoms with Crippen molar-refractivity contribution in [1.29, 1.82) is 0 Å². The lowest BCUT2D eigenvalue weighted by Gasteiger charge is -2.39. The van der Waals surface area contributed by atoms with Gasteiger partial charge >= 0.3 is 11.8 Å². The van der Waals surface area contributed by atoms with Crippen molar-refractivity contribution in [2.75, 3.05) is 13.1 Å². The van der Waals surface area contributed by atoms with Crippen LogP contribution in [-0.2, 0) is 9.59 Å². The molecule has 1 saturated carbocycles. The molecule has 7 heteroatoms. The zero-order valence-corrected chi connectivity index (χ0v) is 15.6. The Hall–Kier alpha value is -2.28. The van der Waals surface area contributed by atoms with Crippen molar-refractivity contribution in [3.05, 3.63) is 35.3 Å². The zero-order chi connectivity index (χ0) is 18.1. The number of benzene rings is 1. The number of carbonyl (C=O) groups excluding carboxylic acids is 2. The molecule has 4 rings (SSSR count). The first-order valence-corrected chi connectivity index (χ1v) is 9.97. The number of nitrogens with zero attached hydrogens (tertiary/aromatic N) is 4. The molecule has 26 heavy (non-hydrogen) atoms. The molecule has 2 fully saturated rings. The summed E-state index contributed by atoms with van der Waals surface area (Å²) >= 11 is 1.48. The summed E-state index contributed by atoms with van der Waals surface area (Å²) in [6.45, 7) is 3.10. The van der Waals surface area contributed by atoms with E-state index in [1.165, 1.54) is 11.3 Å². The van der Waals surface area contributed by atoms with Crippen molar-refractivity contribution in [3.63, 3.8) is 0 Å². The second-order valence-corrected chi connectivity index (χ2v) is 7.93. The van der Waals surface area contributed by atoms with Gasteiger partial charge in [0.15, 0.2) is 0 Å². The maximum Gasteiger partial charge on any atom is 0.312 e. The number of hydrogen-bond acceptors (Lipinski definition) is 5. The minimum atomic E-state index is -0.410. The molecule has 2 heterocycles. The van der Waals surface area contributed by atoms with Crippen molar-refractivity contribution in [1.82, 2.24) is 20.0 Å².